The van der Waals surface area contributed by atoms with Crippen LogP contribution in [0.5, 0.6) is 0 Å². The van der Waals surface area contributed by atoms with Gasteiger partial charge in [0.1, 0.15) is 5.82 Å². The van der Waals surface area contributed by atoms with E-state index in [2.05, 4.69) is 15.3 Å². The van der Waals surface area contributed by atoms with Crippen LogP contribution in [0.25, 0.3) is 0 Å². The zero-order chi connectivity index (χ0) is 14.5. The summed E-state index contributed by atoms with van der Waals surface area (Å²) in [5.74, 6) is 0.729. The van der Waals surface area contributed by atoms with Crippen LogP contribution >= 0.6 is 0 Å². The minimum atomic E-state index is -0.385. The third kappa shape index (κ3) is 3.58. The van der Waals surface area contributed by atoms with Gasteiger partial charge in [0.2, 0.25) is 0 Å². The number of nitrogens with zero attached hydrogens (tertiary/aromatic N) is 3. The summed E-state index contributed by atoms with van der Waals surface area (Å²) in [5, 5.41) is 14.1. The average Bonchev–Trinajstić information content (AvgIpc) is 2.45. The minimum absolute atomic E-state index is 0.00479. The molecule has 20 heavy (non-hydrogen) atoms. The maximum absolute atomic E-state index is 10.8. The molecule has 1 aromatic heterocycles. The van der Waals surface area contributed by atoms with Crippen LogP contribution in [0.15, 0.2) is 36.5 Å². The molecule has 2 aromatic rings. The van der Waals surface area contributed by atoms with Crippen molar-refractivity contribution in [2.75, 3.05) is 0 Å². The minimum Gasteiger partial charge on any atom is -0.305 e. The Morgan fingerprint density at radius 3 is 2.90 bits per heavy atom. The Labute approximate surface area is 117 Å². The van der Waals surface area contributed by atoms with Crippen molar-refractivity contribution in [1.82, 2.24) is 15.3 Å². The standard InChI is InChI=1S/C14H16N4O2/c1-10(12-4-3-5-14(8-12)18(19)20)16-9-13-6-7-15-11(2)17-13/h3-8,10,16H,9H2,1-2H3. The molecule has 104 valence electrons. The maximum atomic E-state index is 10.8. The molecule has 6 heteroatoms. The first-order chi connectivity index (χ1) is 9.56. The monoisotopic (exact) mass is 272 g/mol. The van der Waals surface area contributed by atoms with Crippen molar-refractivity contribution in [3.05, 3.63) is 63.7 Å². The Bertz CT molecular complexity index is 616. The first-order valence-electron chi connectivity index (χ1n) is 6.32. The van der Waals surface area contributed by atoms with Gasteiger partial charge >= 0.3 is 0 Å². The largest absolute Gasteiger partial charge is 0.305 e. The summed E-state index contributed by atoms with van der Waals surface area (Å²) < 4.78 is 0. The molecule has 0 aliphatic heterocycles. The highest BCUT2D eigenvalue weighted by Crippen LogP contribution is 2.19. The number of nitro groups is 1. The summed E-state index contributed by atoms with van der Waals surface area (Å²) in [6.07, 6.45) is 1.72. The quantitative estimate of drug-likeness (QED) is 0.668. The fourth-order valence-electron chi connectivity index (χ4n) is 1.89. The van der Waals surface area contributed by atoms with Crippen molar-refractivity contribution >= 4 is 5.69 Å². The second-order valence-corrected chi connectivity index (χ2v) is 4.55. The molecule has 1 aromatic carbocycles. The number of nitro benzene ring substituents is 1. The van der Waals surface area contributed by atoms with Gasteiger partial charge in [0.05, 0.1) is 10.6 Å². The lowest BCUT2D eigenvalue weighted by atomic mass is 10.1. The predicted octanol–water partition coefficient (Wildman–Crippen LogP) is 2.54. The first-order valence-corrected chi connectivity index (χ1v) is 6.32. The highest BCUT2D eigenvalue weighted by molar-refractivity contribution is 5.35. The molecular weight excluding hydrogens is 256 g/mol. The SMILES string of the molecule is Cc1nccc(CNC(C)c2cccc([N+](=O)[O-])c2)n1. The summed E-state index contributed by atoms with van der Waals surface area (Å²) >= 11 is 0. The maximum Gasteiger partial charge on any atom is 0.269 e. The Morgan fingerprint density at radius 1 is 1.40 bits per heavy atom. The molecule has 0 saturated carbocycles. The molecule has 0 bridgehead atoms. The molecule has 1 unspecified atom stereocenters. The van der Waals surface area contributed by atoms with E-state index in [1.54, 1.807) is 18.3 Å². The highest BCUT2D eigenvalue weighted by Gasteiger charge is 2.10. The van der Waals surface area contributed by atoms with Crippen LogP contribution in [0, 0.1) is 17.0 Å². The van der Waals surface area contributed by atoms with Crippen LogP contribution < -0.4 is 5.32 Å². The zero-order valence-electron chi connectivity index (χ0n) is 11.4. The molecule has 0 aliphatic rings. The fourth-order valence-corrected chi connectivity index (χ4v) is 1.89. The predicted molar refractivity (Wildman–Crippen MR) is 75.1 cm³/mol. The van der Waals surface area contributed by atoms with E-state index in [9.17, 15) is 10.1 Å². The number of benzene rings is 1. The topological polar surface area (TPSA) is 81.0 Å². The van der Waals surface area contributed by atoms with Crippen LogP contribution in [-0.2, 0) is 6.54 Å². The molecule has 0 spiro atoms. The molecule has 0 aliphatic carbocycles. The molecule has 0 saturated heterocycles. The average molecular weight is 272 g/mol. The van der Waals surface area contributed by atoms with E-state index in [1.807, 2.05) is 26.0 Å². The summed E-state index contributed by atoms with van der Waals surface area (Å²) in [6, 6.07) is 8.49. The van der Waals surface area contributed by atoms with Gasteiger partial charge in [-0.15, -0.1) is 0 Å². The lowest BCUT2D eigenvalue weighted by Crippen LogP contribution is -2.19. The Balaban J connectivity index is 2.03. The second kappa shape index (κ2) is 6.21. The zero-order valence-corrected chi connectivity index (χ0v) is 11.4. The molecule has 0 radical (unpaired) electrons. The second-order valence-electron chi connectivity index (χ2n) is 4.55. The molecule has 0 amide bonds. The molecule has 0 fully saturated rings. The van der Waals surface area contributed by atoms with Crippen molar-refractivity contribution in [1.29, 1.82) is 0 Å². The summed E-state index contributed by atoms with van der Waals surface area (Å²) in [6.45, 7) is 4.40. The van der Waals surface area contributed by atoms with Crippen LogP contribution in [0.2, 0.25) is 0 Å². The summed E-state index contributed by atoms with van der Waals surface area (Å²) in [4.78, 5) is 18.7. The number of hydrogen-bond acceptors (Lipinski definition) is 5. The van der Waals surface area contributed by atoms with Crippen LogP contribution in [-0.4, -0.2) is 14.9 Å². The van der Waals surface area contributed by atoms with Crippen LogP contribution in [0.4, 0.5) is 5.69 Å². The van der Waals surface area contributed by atoms with Gasteiger partial charge in [-0.05, 0) is 25.5 Å². The van der Waals surface area contributed by atoms with Crippen LogP contribution in [0.3, 0.4) is 0 Å². The number of aromatic nitrogens is 2. The Morgan fingerprint density at radius 2 is 2.20 bits per heavy atom. The molecule has 6 nitrogen and oxygen atoms in total. The number of nitrogens with one attached hydrogen (secondary N) is 1. The highest BCUT2D eigenvalue weighted by atomic mass is 16.6. The van der Waals surface area contributed by atoms with E-state index in [1.165, 1.54) is 6.07 Å². The van der Waals surface area contributed by atoms with Gasteiger partial charge < -0.3 is 5.32 Å². The van der Waals surface area contributed by atoms with Crippen molar-refractivity contribution in [3.63, 3.8) is 0 Å². The molecule has 1 atom stereocenters. The van der Waals surface area contributed by atoms with Crippen molar-refractivity contribution < 1.29 is 4.92 Å². The van der Waals surface area contributed by atoms with Gasteiger partial charge in [-0.2, -0.15) is 0 Å². The van der Waals surface area contributed by atoms with Gasteiger partial charge in [0, 0.05) is 30.9 Å². The summed E-state index contributed by atoms with van der Waals surface area (Å²) in [5.41, 5.74) is 1.88. The van der Waals surface area contributed by atoms with Crippen molar-refractivity contribution in [2.24, 2.45) is 0 Å². The Kier molecular flexibility index (Phi) is 4.37. The van der Waals surface area contributed by atoms with E-state index in [0.29, 0.717) is 6.54 Å². The van der Waals surface area contributed by atoms with Gasteiger partial charge in [-0.3, -0.25) is 10.1 Å². The van der Waals surface area contributed by atoms with Crippen molar-refractivity contribution in [3.8, 4) is 0 Å². The van der Waals surface area contributed by atoms with E-state index < -0.39 is 0 Å². The lowest BCUT2D eigenvalue weighted by molar-refractivity contribution is -0.384. The number of rotatable bonds is 5. The van der Waals surface area contributed by atoms with Gasteiger partial charge in [0.15, 0.2) is 0 Å². The number of aryl methyl sites for hydroxylation is 1. The lowest BCUT2D eigenvalue weighted by Gasteiger charge is -2.13. The van der Waals surface area contributed by atoms with Crippen molar-refractivity contribution in [2.45, 2.75) is 26.4 Å². The van der Waals surface area contributed by atoms with E-state index in [-0.39, 0.29) is 16.7 Å². The third-order valence-electron chi connectivity index (χ3n) is 3.00. The van der Waals surface area contributed by atoms with E-state index in [4.69, 9.17) is 0 Å². The number of hydrogen-bond donors (Lipinski definition) is 1. The van der Waals surface area contributed by atoms with Gasteiger partial charge in [-0.25, -0.2) is 9.97 Å². The smallest absolute Gasteiger partial charge is 0.269 e. The Hall–Kier alpha value is -2.34. The van der Waals surface area contributed by atoms with Gasteiger partial charge in [-0.1, -0.05) is 12.1 Å². The number of non-ortho nitro benzene ring substituents is 1. The molecule has 1 N–H and O–H groups in total. The fraction of sp³-hybridized carbons (Fsp3) is 0.286. The van der Waals surface area contributed by atoms with Crippen LogP contribution in [0.1, 0.15) is 30.0 Å². The third-order valence-corrected chi connectivity index (χ3v) is 3.00. The summed E-state index contributed by atoms with van der Waals surface area (Å²) in [7, 11) is 0. The molecule has 1 heterocycles. The first kappa shape index (κ1) is 14.1. The molecular formula is C14H16N4O2. The normalized spacial score (nSPS) is 12.1. The van der Waals surface area contributed by atoms with E-state index >= 15 is 0 Å². The molecule has 2 rings (SSSR count). The van der Waals surface area contributed by atoms with E-state index in [0.717, 1.165) is 17.1 Å². The van der Waals surface area contributed by atoms with Gasteiger partial charge in [0.25, 0.3) is 5.69 Å².